The van der Waals surface area contributed by atoms with Crippen LogP contribution in [0.5, 0.6) is 0 Å². The number of thiazole rings is 1. The van der Waals surface area contributed by atoms with E-state index in [1.165, 1.54) is 12.8 Å². The fourth-order valence-corrected chi connectivity index (χ4v) is 4.82. The summed E-state index contributed by atoms with van der Waals surface area (Å²) in [6.07, 6.45) is 6.10. The Kier molecular flexibility index (Phi) is 7.49. The number of ether oxygens (including phenoxy) is 1. The van der Waals surface area contributed by atoms with Gasteiger partial charge >= 0.3 is 0 Å². The third-order valence-corrected chi connectivity index (χ3v) is 6.91. The van der Waals surface area contributed by atoms with Gasteiger partial charge in [-0.05, 0) is 38.2 Å². The van der Waals surface area contributed by atoms with E-state index in [-0.39, 0.29) is 12.5 Å². The van der Waals surface area contributed by atoms with Crippen LogP contribution in [0.1, 0.15) is 49.9 Å². The lowest BCUT2D eigenvalue weighted by molar-refractivity contribution is 0.210. The highest BCUT2D eigenvalue weighted by molar-refractivity contribution is 7.21. The first-order valence-corrected chi connectivity index (χ1v) is 12.2. The van der Waals surface area contributed by atoms with E-state index in [4.69, 9.17) is 19.7 Å². The van der Waals surface area contributed by atoms with Crippen LogP contribution >= 0.6 is 11.3 Å². The van der Waals surface area contributed by atoms with Crippen LogP contribution in [-0.4, -0.2) is 58.5 Å². The molecule has 3 aromatic rings. The second-order valence-electron chi connectivity index (χ2n) is 8.28. The smallest absolute Gasteiger partial charge is 0.224 e. The third-order valence-electron chi connectivity index (χ3n) is 5.87. The number of nitrogens with one attached hydrogen (secondary N) is 2. The summed E-state index contributed by atoms with van der Waals surface area (Å²) in [5, 5.41) is 17.2. The van der Waals surface area contributed by atoms with Gasteiger partial charge in [-0.1, -0.05) is 13.3 Å². The van der Waals surface area contributed by atoms with Crippen molar-refractivity contribution in [2.45, 2.75) is 45.4 Å². The molecule has 1 fully saturated rings. The zero-order valence-corrected chi connectivity index (χ0v) is 19.8. The maximum absolute atomic E-state index is 9.53. The molecule has 4 rings (SSSR count). The summed E-state index contributed by atoms with van der Waals surface area (Å²) >= 11 is 1.66. The maximum Gasteiger partial charge on any atom is 0.224 e. The lowest BCUT2D eigenvalue weighted by atomic mass is 10.0. The Morgan fingerprint density at radius 1 is 1.22 bits per heavy atom. The number of rotatable bonds is 12. The average molecular weight is 457 g/mol. The van der Waals surface area contributed by atoms with Crippen LogP contribution < -0.4 is 10.6 Å². The fourth-order valence-electron chi connectivity index (χ4n) is 3.76. The number of aliphatic hydroxyl groups excluding tert-OH is 1. The van der Waals surface area contributed by atoms with Crippen LogP contribution in [0.15, 0.2) is 12.3 Å². The molecule has 0 radical (unpaired) electrons. The van der Waals surface area contributed by atoms with Gasteiger partial charge in [0.15, 0.2) is 0 Å². The van der Waals surface area contributed by atoms with Crippen molar-refractivity contribution in [1.29, 1.82) is 0 Å². The van der Waals surface area contributed by atoms with E-state index < -0.39 is 0 Å². The number of anilines is 2. The van der Waals surface area contributed by atoms with Gasteiger partial charge in [-0.25, -0.2) is 9.97 Å². The number of hydrogen-bond acceptors (Lipinski definition) is 9. The number of pyridine rings is 1. The number of aliphatic hydroxyl groups is 1. The topological polar surface area (TPSA) is 105 Å². The second kappa shape index (κ2) is 10.5. The second-order valence-corrected chi connectivity index (χ2v) is 9.31. The van der Waals surface area contributed by atoms with E-state index in [0.717, 1.165) is 57.4 Å². The first-order valence-electron chi connectivity index (χ1n) is 11.4. The number of hydrogen-bond donors (Lipinski definition) is 3. The fraction of sp³-hybridized carbons (Fsp3) is 0.565. The number of nitrogens with zero attached hydrogens (tertiary/aromatic N) is 4. The molecule has 1 saturated carbocycles. The molecule has 0 bridgehead atoms. The number of aromatic nitrogens is 4. The molecule has 1 aliphatic rings. The van der Waals surface area contributed by atoms with Crippen molar-refractivity contribution in [2.75, 3.05) is 44.0 Å². The van der Waals surface area contributed by atoms with Crippen molar-refractivity contribution in [3.05, 3.63) is 23.7 Å². The minimum Gasteiger partial charge on any atom is -0.396 e. The molecular formula is C23H32N6O2S. The molecule has 3 N–H and O–H groups in total. The van der Waals surface area contributed by atoms with Crippen molar-refractivity contribution >= 4 is 33.3 Å². The van der Waals surface area contributed by atoms with Crippen LogP contribution in [0.4, 0.5) is 11.8 Å². The van der Waals surface area contributed by atoms with Gasteiger partial charge in [0.1, 0.15) is 16.3 Å². The van der Waals surface area contributed by atoms with E-state index in [1.54, 1.807) is 18.4 Å². The predicted molar refractivity (Wildman–Crippen MR) is 129 cm³/mol. The Balaban J connectivity index is 1.67. The summed E-state index contributed by atoms with van der Waals surface area (Å²) in [5.74, 6) is 2.16. The maximum atomic E-state index is 9.53. The van der Waals surface area contributed by atoms with Crippen molar-refractivity contribution in [1.82, 2.24) is 19.9 Å². The molecule has 3 aromatic heterocycles. The van der Waals surface area contributed by atoms with Crippen molar-refractivity contribution < 1.29 is 9.84 Å². The molecule has 1 atom stereocenters. The minimum atomic E-state index is 0.201. The Bertz CT molecular complexity index is 1050. The van der Waals surface area contributed by atoms with Gasteiger partial charge in [0, 0.05) is 38.9 Å². The zero-order chi connectivity index (χ0) is 22.5. The molecule has 0 aliphatic heterocycles. The SMILES string of the molecule is CC[C@H](CO)CCNc1nc(NCCOC)nc(C)c1-c1nc2c(C3CC3)nccc2s1. The minimum absolute atomic E-state index is 0.201. The molecule has 0 spiro atoms. The zero-order valence-electron chi connectivity index (χ0n) is 19.0. The molecule has 1 aliphatic carbocycles. The van der Waals surface area contributed by atoms with Crippen molar-refractivity contribution in [3.8, 4) is 10.6 Å². The summed E-state index contributed by atoms with van der Waals surface area (Å²) in [7, 11) is 1.67. The molecule has 32 heavy (non-hydrogen) atoms. The molecule has 0 unspecified atom stereocenters. The Morgan fingerprint density at radius 3 is 2.78 bits per heavy atom. The van der Waals surface area contributed by atoms with E-state index in [2.05, 4.69) is 22.5 Å². The molecule has 0 aromatic carbocycles. The summed E-state index contributed by atoms with van der Waals surface area (Å²) < 4.78 is 6.28. The quantitative estimate of drug-likeness (QED) is 0.348. The van der Waals surface area contributed by atoms with Gasteiger partial charge < -0.3 is 20.5 Å². The van der Waals surface area contributed by atoms with Crippen LogP contribution in [0, 0.1) is 12.8 Å². The Hall–Kier alpha value is -2.36. The lowest BCUT2D eigenvalue weighted by Crippen LogP contribution is -2.15. The summed E-state index contributed by atoms with van der Waals surface area (Å²) in [4.78, 5) is 19.1. The van der Waals surface area contributed by atoms with Crippen LogP contribution in [0.3, 0.4) is 0 Å². The van der Waals surface area contributed by atoms with E-state index in [1.807, 2.05) is 19.2 Å². The summed E-state index contributed by atoms with van der Waals surface area (Å²) in [6, 6.07) is 2.04. The van der Waals surface area contributed by atoms with E-state index >= 15 is 0 Å². The summed E-state index contributed by atoms with van der Waals surface area (Å²) in [6.45, 7) is 6.24. The summed E-state index contributed by atoms with van der Waals surface area (Å²) in [5.41, 5.74) is 3.93. The van der Waals surface area contributed by atoms with E-state index in [9.17, 15) is 5.11 Å². The molecule has 3 heterocycles. The third kappa shape index (κ3) is 5.16. The highest BCUT2D eigenvalue weighted by Crippen LogP contribution is 2.44. The predicted octanol–water partition coefficient (Wildman–Crippen LogP) is 4.21. The lowest BCUT2D eigenvalue weighted by Gasteiger charge is -2.16. The Labute approximate surface area is 192 Å². The van der Waals surface area contributed by atoms with Crippen LogP contribution in [0.25, 0.3) is 20.8 Å². The largest absolute Gasteiger partial charge is 0.396 e. The van der Waals surface area contributed by atoms with Crippen molar-refractivity contribution in [3.63, 3.8) is 0 Å². The van der Waals surface area contributed by atoms with Gasteiger partial charge in [-0.3, -0.25) is 4.98 Å². The number of fused-ring (bicyclic) bond motifs is 1. The molecular weight excluding hydrogens is 424 g/mol. The van der Waals surface area contributed by atoms with Crippen LogP contribution in [-0.2, 0) is 4.74 Å². The van der Waals surface area contributed by atoms with Crippen molar-refractivity contribution in [2.24, 2.45) is 5.92 Å². The van der Waals surface area contributed by atoms with Crippen LogP contribution in [0.2, 0.25) is 0 Å². The van der Waals surface area contributed by atoms with E-state index in [0.29, 0.717) is 25.0 Å². The van der Waals surface area contributed by atoms with Gasteiger partial charge in [0.2, 0.25) is 5.95 Å². The number of aryl methyl sites for hydroxylation is 1. The Morgan fingerprint density at radius 2 is 2.06 bits per heavy atom. The molecule has 9 heteroatoms. The molecule has 0 saturated heterocycles. The normalized spacial score (nSPS) is 14.6. The highest BCUT2D eigenvalue weighted by Gasteiger charge is 2.28. The standard InChI is InChI=1S/C23H32N6O2S/c1-4-15(13-30)7-9-25-21-18(14(2)27-23(29-21)26-11-12-31-3)22-28-20-17(32-22)8-10-24-19(20)16-5-6-16/h8,10,15-16,30H,4-7,9,11-13H2,1-3H3,(H2,25,26,27,29)/t15-/m0/s1. The van der Waals surface area contributed by atoms with Gasteiger partial charge in [0.25, 0.3) is 0 Å². The monoisotopic (exact) mass is 456 g/mol. The molecule has 0 amide bonds. The number of methoxy groups -OCH3 is 1. The van der Waals surface area contributed by atoms with Gasteiger partial charge in [-0.15, -0.1) is 11.3 Å². The average Bonchev–Trinajstić information content (AvgIpc) is 3.54. The highest BCUT2D eigenvalue weighted by atomic mass is 32.1. The van der Waals surface area contributed by atoms with Gasteiger partial charge in [0.05, 0.1) is 28.3 Å². The molecule has 8 nitrogen and oxygen atoms in total. The first kappa shape index (κ1) is 22.8. The van der Waals surface area contributed by atoms with Gasteiger partial charge in [-0.2, -0.15) is 4.98 Å². The molecule has 172 valence electrons. The first-order chi connectivity index (χ1) is 15.6.